The molecule has 4 heteroatoms. The van der Waals surface area contributed by atoms with E-state index in [-0.39, 0.29) is 0 Å². The molecule has 0 spiro atoms. The molecule has 0 fully saturated rings. The van der Waals surface area contributed by atoms with E-state index in [9.17, 15) is 0 Å². The number of aromatic amines is 2. The van der Waals surface area contributed by atoms with Gasteiger partial charge in [0.2, 0.25) is 0 Å². The van der Waals surface area contributed by atoms with Gasteiger partial charge in [-0.05, 0) is 13.0 Å². The number of hydrogen-bond donors (Lipinski definition) is 2. The van der Waals surface area contributed by atoms with Gasteiger partial charge >= 0.3 is 0 Å². The topological polar surface area (TPSA) is 44.5 Å². The van der Waals surface area contributed by atoms with E-state index in [1.807, 2.05) is 19.2 Å². The third-order valence-electron chi connectivity index (χ3n) is 1.53. The molecule has 2 heterocycles. The third-order valence-corrected chi connectivity index (χ3v) is 1.84. The van der Waals surface area contributed by atoms with Crippen molar-refractivity contribution in [2.24, 2.45) is 0 Å². The second kappa shape index (κ2) is 2.17. The fourth-order valence-corrected chi connectivity index (χ4v) is 1.30. The third kappa shape index (κ3) is 0.952. The fourth-order valence-electron chi connectivity index (χ4n) is 1.07. The van der Waals surface area contributed by atoms with Crippen molar-refractivity contribution in [3.63, 3.8) is 0 Å². The molecule has 2 aromatic heterocycles. The van der Waals surface area contributed by atoms with Crippen LogP contribution in [0.3, 0.4) is 0 Å². The normalized spacial score (nSPS) is 10.6. The SMILES string of the molecule is Cc1nc2c(=S)[nH]ccc2[nH]1. The minimum Gasteiger partial charge on any atom is -0.351 e. The van der Waals surface area contributed by atoms with E-state index in [1.165, 1.54) is 0 Å². The van der Waals surface area contributed by atoms with Crippen LogP contribution >= 0.6 is 12.2 Å². The molecule has 0 radical (unpaired) electrons. The maximum Gasteiger partial charge on any atom is 0.131 e. The average Bonchev–Trinajstić information content (AvgIpc) is 2.31. The molecule has 2 N–H and O–H groups in total. The molecule has 0 aromatic carbocycles. The highest BCUT2D eigenvalue weighted by molar-refractivity contribution is 7.71. The lowest BCUT2D eigenvalue weighted by molar-refractivity contribution is 1.17. The van der Waals surface area contributed by atoms with Gasteiger partial charge in [0, 0.05) is 6.20 Å². The van der Waals surface area contributed by atoms with Crippen LogP contribution in [0.15, 0.2) is 12.3 Å². The standard InChI is InChI=1S/C7H7N3S/c1-4-9-5-2-3-8-7(11)6(5)10-4/h2-3H,1H3,(H,8,11)(H,9,10). The molecular weight excluding hydrogens is 158 g/mol. The summed E-state index contributed by atoms with van der Waals surface area (Å²) in [5.74, 6) is 0.894. The smallest absolute Gasteiger partial charge is 0.131 e. The summed E-state index contributed by atoms with van der Waals surface area (Å²) in [7, 11) is 0. The molecule has 2 rings (SSSR count). The Kier molecular flexibility index (Phi) is 1.29. The number of rotatable bonds is 0. The summed E-state index contributed by atoms with van der Waals surface area (Å²) in [5.41, 5.74) is 1.84. The van der Waals surface area contributed by atoms with Crippen LogP contribution in [-0.4, -0.2) is 15.0 Å². The summed E-state index contributed by atoms with van der Waals surface area (Å²) in [6, 6.07) is 1.92. The quantitative estimate of drug-likeness (QED) is 0.586. The summed E-state index contributed by atoms with van der Waals surface area (Å²) in [6.07, 6.45) is 1.81. The van der Waals surface area contributed by atoms with Crippen LogP contribution in [0, 0.1) is 11.6 Å². The molecule has 2 aromatic rings. The lowest BCUT2D eigenvalue weighted by Crippen LogP contribution is -1.74. The van der Waals surface area contributed by atoms with Crippen LogP contribution < -0.4 is 0 Å². The first-order chi connectivity index (χ1) is 5.27. The zero-order valence-electron chi connectivity index (χ0n) is 6.01. The lowest BCUT2D eigenvalue weighted by atomic mass is 10.4. The molecule has 0 atom stereocenters. The van der Waals surface area contributed by atoms with Crippen LogP contribution in [0.5, 0.6) is 0 Å². The summed E-state index contributed by atoms with van der Waals surface area (Å²) >= 11 is 5.03. The predicted molar refractivity (Wildman–Crippen MR) is 46.0 cm³/mol. The molecule has 11 heavy (non-hydrogen) atoms. The van der Waals surface area contributed by atoms with Crippen molar-refractivity contribution in [1.29, 1.82) is 0 Å². The maximum absolute atomic E-state index is 5.03. The van der Waals surface area contributed by atoms with Crippen molar-refractivity contribution >= 4 is 23.3 Å². The fraction of sp³-hybridized carbons (Fsp3) is 0.143. The Morgan fingerprint density at radius 1 is 1.55 bits per heavy atom. The van der Waals surface area contributed by atoms with E-state index in [4.69, 9.17) is 12.2 Å². The molecule has 0 bridgehead atoms. The monoisotopic (exact) mass is 165 g/mol. The van der Waals surface area contributed by atoms with Gasteiger partial charge in [0.05, 0.1) is 5.52 Å². The van der Waals surface area contributed by atoms with Gasteiger partial charge in [-0.25, -0.2) is 4.98 Å². The maximum atomic E-state index is 5.03. The molecule has 0 saturated heterocycles. The molecule has 0 aliphatic carbocycles. The zero-order valence-corrected chi connectivity index (χ0v) is 6.83. The largest absolute Gasteiger partial charge is 0.351 e. The minimum atomic E-state index is 0.687. The number of fused-ring (bicyclic) bond motifs is 1. The minimum absolute atomic E-state index is 0.687. The van der Waals surface area contributed by atoms with Crippen LogP contribution in [0.4, 0.5) is 0 Å². The number of imidazole rings is 1. The van der Waals surface area contributed by atoms with E-state index in [2.05, 4.69) is 15.0 Å². The van der Waals surface area contributed by atoms with E-state index >= 15 is 0 Å². The Balaban J connectivity index is 3.02. The summed E-state index contributed by atoms with van der Waals surface area (Å²) < 4.78 is 0.687. The van der Waals surface area contributed by atoms with Gasteiger partial charge in [0.15, 0.2) is 0 Å². The Bertz CT molecular complexity index is 440. The van der Waals surface area contributed by atoms with Crippen LogP contribution in [-0.2, 0) is 0 Å². The highest BCUT2D eigenvalue weighted by Gasteiger charge is 1.98. The summed E-state index contributed by atoms with van der Waals surface area (Å²) in [4.78, 5) is 10.2. The molecule has 0 unspecified atom stereocenters. The molecule has 0 amide bonds. The first-order valence-corrected chi connectivity index (χ1v) is 3.72. The van der Waals surface area contributed by atoms with Gasteiger partial charge < -0.3 is 9.97 Å². The van der Waals surface area contributed by atoms with Gasteiger partial charge in [0.1, 0.15) is 16.0 Å². The number of pyridine rings is 1. The Hall–Kier alpha value is -1.16. The Morgan fingerprint density at radius 2 is 2.36 bits per heavy atom. The number of aryl methyl sites for hydroxylation is 1. The number of nitrogens with zero attached hydrogens (tertiary/aromatic N) is 1. The van der Waals surface area contributed by atoms with E-state index in [0.717, 1.165) is 16.9 Å². The average molecular weight is 165 g/mol. The molecular formula is C7H7N3S. The number of aromatic nitrogens is 3. The van der Waals surface area contributed by atoms with Gasteiger partial charge in [-0.2, -0.15) is 0 Å². The van der Waals surface area contributed by atoms with Gasteiger partial charge in [-0.1, -0.05) is 12.2 Å². The van der Waals surface area contributed by atoms with Crippen molar-refractivity contribution in [2.75, 3.05) is 0 Å². The lowest BCUT2D eigenvalue weighted by Gasteiger charge is -1.84. The highest BCUT2D eigenvalue weighted by atomic mass is 32.1. The molecule has 3 nitrogen and oxygen atoms in total. The second-order valence-corrected chi connectivity index (χ2v) is 2.80. The van der Waals surface area contributed by atoms with Crippen LogP contribution in [0.1, 0.15) is 5.82 Å². The number of nitrogens with one attached hydrogen (secondary N) is 2. The van der Waals surface area contributed by atoms with E-state index < -0.39 is 0 Å². The zero-order chi connectivity index (χ0) is 7.84. The number of H-pyrrole nitrogens is 2. The van der Waals surface area contributed by atoms with Crippen molar-refractivity contribution in [3.8, 4) is 0 Å². The highest BCUT2D eigenvalue weighted by Crippen LogP contribution is 2.09. The first kappa shape index (κ1) is 6.54. The van der Waals surface area contributed by atoms with Crippen molar-refractivity contribution in [3.05, 3.63) is 22.7 Å². The summed E-state index contributed by atoms with van der Waals surface area (Å²) in [6.45, 7) is 1.91. The molecule has 0 aliphatic rings. The molecule has 56 valence electrons. The Morgan fingerprint density at radius 3 is 3.09 bits per heavy atom. The first-order valence-electron chi connectivity index (χ1n) is 3.31. The van der Waals surface area contributed by atoms with Crippen molar-refractivity contribution in [1.82, 2.24) is 15.0 Å². The van der Waals surface area contributed by atoms with E-state index in [0.29, 0.717) is 4.64 Å². The van der Waals surface area contributed by atoms with Crippen LogP contribution in [0.25, 0.3) is 11.0 Å². The number of hydrogen-bond acceptors (Lipinski definition) is 2. The van der Waals surface area contributed by atoms with E-state index in [1.54, 1.807) is 0 Å². The summed E-state index contributed by atoms with van der Waals surface area (Å²) in [5, 5.41) is 0. The predicted octanol–water partition coefficient (Wildman–Crippen LogP) is 1.93. The van der Waals surface area contributed by atoms with Gasteiger partial charge in [-0.3, -0.25) is 0 Å². The van der Waals surface area contributed by atoms with Gasteiger partial charge in [-0.15, -0.1) is 0 Å². The molecule has 0 saturated carbocycles. The van der Waals surface area contributed by atoms with Crippen molar-refractivity contribution in [2.45, 2.75) is 6.92 Å². The van der Waals surface area contributed by atoms with Gasteiger partial charge in [0.25, 0.3) is 0 Å². The van der Waals surface area contributed by atoms with Crippen LogP contribution in [0.2, 0.25) is 0 Å². The van der Waals surface area contributed by atoms with Crippen molar-refractivity contribution < 1.29 is 0 Å². The molecule has 0 aliphatic heterocycles. The second-order valence-electron chi connectivity index (χ2n) is 2.39. The Labute approximate surface area is 68.5 Å².